The van der Waals surface area contributed by atoms with Crippen molar-refractivity contribution in [2.45, 2.75) is 108 Å². The van der Waals surface area contributed by atoms with Crippen molar-refractivity contribution < 1.29 is 24.8 Å². The number of nitrogens with two attached hydrogens (primary N) is 1. The number of aromatic hydroxyl groups is 2. The van der Waals surface area contributed by atoms with Crippen LogP contribution in [0.15, 0.2) is 54.7 Å². The maximum absolute atomic E-state index is 11.1. The van der Waals surface area contributed by atoms with Crippen LogP contribution in [-0.4, -0.2) is 38.6 Å². The quantitative estimate of drug-likeness (QED) is 0.189. The fourth-order valence-corrected chi connectivity index (χ4v) is 6.20. The van der Waals surface area contributed by atoms with Crippen molar-refractivity contribution in [3.05, 3.63) is 77.0 Å². The number of phenols is 2. The van der Waals surface area contributed by atoms with Crippen LogP contribution in [0.4, 0.5) is 5.82 Å². The van der Waals surface area contributed by atoms with Gasteiger partial charge in [0.2, 0.25) is 0 Å². The Morgan fingerprint density at radius 2 is 1.73 bits per heavy atom. The highest BCUT2D eigenvalue weighted by atomic mass is 16.5. The number of pyridine rings is 1. The van der Waals surface area contributed by atoms with E-state index in [2.05, 4.69) is 16.8 Å². The molecule has 0 spiro atoms. The van der Waals surface area contributed by atoms with E-state index in [9.17, 15) is 15.3 Å². The Kier molecular flexibility index (Phi) is 11.4. The molecule has 3 aromatic rings. The number of benzene rings is 2. The van der Waals surface area contributed by atoms with E-state index in [1.165, 1.54) is 24.8 Å². The second-order valence-electron chi connectivity index (χ2n) is 12.4. The molecule has 44 heavy (non-hydrogen) atoms. The van der Waals surface area contributed by atoms with E-state index in [1.54, 1.807) is 24.4 Å². The van der Waals surface area contributed by atoms with E-state index in [1.807, 2.05) is 30.3 Å². The molecule has 0 saturated heterocycles. The molecule has 1 saturated carbocycles. The molecule has 7 nitrogen and oxygen atoms in total. The molecule has 1 aliphatic heterocycles. The molecule has 234 valence electrons. The summed E-state index contributed by atoms with van der Waals surface area (Å²) in [5.74, 6) is 8.48. The molecule has 0 amide bonds. The van der Waals surface area contributed by atoms with E-state index in [-0.39, 0.29) is 29.6 Å². The molecule has 2 aromatic carbocycles. The summed E-state index contributed by atoms with van der Waals surface area (Å²) in [6.07, 6.45) is 13.3. The van der Waals surface area contributed by atoms with E-state index in [0.717, 1.165) is 61.6 Å². The van der Waals surface area contributed by atoms with Crippen LogP contribution in [0.2, 0.25) is 0 Å². The largest absolute Gasteiger partial charge is 0.508 e. The summed E-state index contributed by atoms with van der Waals surface area (Å²) in [5.41, 5.74) is 9.96. The van der Waals surface area contributed by atoms with E-state index >= 15 is 0 Å². The number of hydrogen-bond acceptors (Lipinski definition) is 7. The Balaban J connectivity index is 1.19. The van der Waals surface area contributed by atoms with Crippen LogP contribution in [0.1, 0.15) is 92.9 Å². The number of aromatic nitrogens is 1. The van der Waals surface area contributed by atoms with Crippen LogP contribution in [0.3, 0.4) is 0 Å². The molecule has 1 aromatic heterocycles. The predicted octanol–water partition coefficient (Wildman–Crippen LogP) is 6.84. The number of aryl methyl sites for hydroxylation is 2. The number of ether oxygens (including phenoxy) is 2. The summed E-state index contributed by atoms with van der Waals surface area (Å²) in [6, 6.07) is 14.7. The normalized spacial score (nSPS) is 20.0. The Labute approximate surface area is 261 Å². The Morgan fingerprint density at radius 1 is 0.932 bits per heavy atom. The second-order valence-corrected chi connectivity index (χ2v) is 12.4. The number of rotatable bonds is 10. The van der Waals surface area contributed by atoms with Crippen LogP contribution in [-0.2, 0) is 24.2 Å². The van der Waals surface area contributed by atoms with Crippen LogP contribution in [0.5, 0.6) is 17.2 Å². The van der Waals surface area contributed by atoms with Gasteiger partial charge in [-0.05, 0) is 119 Å². The first-order valence-electron chi connectivity index (χ1n) is 16.2. The van der Waals surface area contributed by atoms with E-state index in [0.29, 0.717) is 37.4 Å². The predicted molar refractivity (Wildman–Crippen MR) is 172 cm³/mol. The standard InChI is InChI=1S/C37H46N2O5/c38-37-22-29-16-11-26(9-10-27-12-17-31(40)18-13-27)5-4-8-34(43-25-30(29)24-39-37)23-32(41)19-14-28-15-20-35(42)36(21-28)44-33-6-2-1-3-7-33/h12-13,15,17-18,20-22,24,26,32-34,40-42H,1-10,14,19,23,25H2,(H2,38,39). The third-order valence-corrected chi connectivity index (χ3v) is 8.86. The number of fused-ring (bicyclic) bond motifs is 1. The number of nitrogens with zero attached hydrogens (tertiary/aromatic N) is 1. The Morgan fingerprint density at radius 3 is 2.55 bits per heavy atom. The third kappa shape index (κ3) is 9.64. The zero-order chi connectivity index (χ0) is 30.7. The summed E-state index contributed by atoms with van der Waals surface area (Å²) in [7, 11) is 0. The highest BCUT2D eigenvalue weighted by molar-refractivity contribution is 5.47. The van der Waals surface area contributed by atoms with E-state index < -0.39 is 6.10 Å². The molecular formula is C37H46N2O5. The van der Waals surface area contributed by atoms with Crippen LogP contribution in [0, 0.1) is 17.8 Å². The van der Waals surface area contributed by atoms with Gasteiger partial charge in [-0.2, -0.15) is 0 Å². The van der Waals surface area contributed by atoms with Crippen molar-refractivity contribution in [1.29, 1.82) is 0 Å². The molecule has 5 rings (SSSR count). The monoisotopic (exact) mass is 598 g/mol. The number of anilines is 1. The minimum Gasteiger partial charge on any atom is -0.508 e. The first-order valence-corrected chi connectivity index (χ1v) is 16.2. The number of hydrogen-bond donors (Lipinski definition) is 4. The lowest BCUT2D eigenvalue weighted by Crippen LogP contribution is -2.22. The molecule has 7 heteroatoms. The molecule has 1 fully saturated rings. The van der Waals surface area contributed by atoms with Crippen molar-refractivity contribution in [2.75, 3.05) is 5.73 Å². The highest BCUT2D eigenvalue weighted by Crippen LogP contribution is 2.32. The highest BCUT2D eigenvalue weighted by Gasteiger charge is 2.20. The zero-order valence-corrected chi connectivity index (χ0v) is 25.6. The first kappa shape index (κ1) is 31.7. The molecule has 2 aliphatic rings. The van der Waals surface area contributed by atoms with Crippen molar-refractivity contribution in [1.82, 2.24) is 4.98 Å². The molecular weight excluding hydrogens is 552 g/mol. The third-order valence-electron chi connectivity index (χ3n) is 8.86. The van der Waals surface area contributed by atoms with E-state index in [4.69, 9.17) is 15.2 Å². The topological polar surface area (TPSA) is 118 Å². The van der Waals surface area contributed by atoms with Gasteiger partial charge in [0.05, 0.1) is 24.9 Å². The van der Waals surface area contributed by atoms with Crippen molar-refractivity contribution >= 4 is 5.82 Å². The molecule has 2 heterocycles. The van der Waals surface area contributed by atoms with Crippen molar-refractivity contribution in [2.24, 2.45) is 5.92 Å². The maximum Gasteiger partial charge on any atom is 0.161 e. The van der Waals surface area contributed by atoms with Gasteiger partial charge in [-0.1, -0.05) is 36.5 Å². The lowest BCUT2D eigenvalue weighted by Gasteiger charge is -2.24. The lowest BCUT2D eigenvalue weighted by molar-refractivity contribution is -0.00383. The second kappa shape index (κ2) is 15.8. The summed E-state index contributed by atoms with van der Waals surface area (Å²) in [4.78, 5) is 4.28. The van der Waals surface area contributed by atoms with Gasteiger partial charge < -0.3 is 30.5 Å². The fraction of sp³-hybridized carbons (Fsp3) is 0.486. The number of aliphatic hydroxyl groups excluding tert-OH is 1. The smallest absolute Gasteiger partial charge is 0.161 e. The van der Waals surface area contributed by atoms with Gasteiger partial charge in [0.1, 0.15) is 11.6 Å². The Hall–Kier alpha value is -3.73. The molecule has 3 unspecified atom stereocenters. The molecule has 5 N–H and O–H groups in total. The minimum atomic E-state index is -0.521. The molecule has 1 aliphatic carbocycles. The van der Waals surface area contributed by atoms with Crippen molar-refractivity contribution in [3.63, 3.8) is 0 Å². The first-order chi connectivity index (χ1) is 21.4. The van der Waals surface area contributed by atoms with Gasteiger partial charge >= 0.3 is 0 Å². The number of nitrogen functional groups attached to an aromatic ring is 1. The average Bonchev–Trinajstić information content (AvgIpc) is 3.06. The molecule has 0 bridgehead atoms. The zero-order valence-electron chi connectivity index (χ0n) is 25.6. The van der Waals surface area contributed by atoms with Gasteiger partial charge in [-0.3, -0.25) is 0 Å². The molecule has 0 radical (unpaired) electrons. The maximum atomic E-state index is 11.1. The lowest BCUT2D eigenvalue weighted by atomic mass is 9.92. The average molecular weight is 599 g/mol. The van der Waals surface area contributed by atoms with Crippen LogP contribution in [0.25, 0.3) is 0 Å². The summed E-state index contributed by atoms with van der Waals surface area (Å²) in [6.45, 7) is 0.368. The van der Waals surface area contributed by atoms with Crippen LogP contribution >= 0.6 is 0 Å². The van der Waals surface area contributed by atoms with Gasteiger partial charge in [-0.15, -0.1) is 0 Å². The van der Waals surface area contributed by atoms with Gasteiger partial charge in [0.25, 0.3) is 0 Å². The van der Waals surface area contributed by atoms with Crippen molar-refractivity contribution in [3.8, 4) is 29.1 Å². The van der Waals surface area contributed by atoms with Gasteiger partial charge in [-0.25, -0.2) is 4.98 Å². The minimum absolute atomic E-state index is 0.101. The Bertz CT molecular complexity index is 1410. The number of aliphatic hydroxyl groups is 1. The SMILES string of the molecule is Nc1cc2c(cn1)COC(CC(O)CCc1ccc(O)c(OC3CCCCC3)c1)CCCC(CCc1ccc(O)cc1)C#C2. The fourth-order valence-electron chi connectivity index (χ4n) is 6.20. The summed E-state index contributed by atoms with van der Waals surface area (Å²) >= 11 is 0. The summed E-state index contributed by atoms with van der Waals surface area (Å²) in [5, 5.41) is 31.0. The summed E-state index contributed by atoms with van der Waals surface area (Å²) < 4.78 is 12.5. The van der Waals surface area contributed by atoms with Crippen LogP contribution < -0.4 is 10.5 Å². The molecule has 3 atom stereocenters. The van der Waals surface area contributed by atoms with Gasteiger partial charge in [0.15, 0.2) is 11.5 Å². The number of phenolic OH excluding ortho intramolecular Hbond substituents is 2. The van der Waals surface area contributed by atoms with Gasteiger partial charge in [0, 0.05) is 23.2 Å².